The van der Waals surface area contributed by atoms with E-state index in [-0.39, 0.29) is 5.69 Å². The summed E-state index contributed by atoms with van der Waals surface area (Å²) in [6.07, 6.45) is 0. The summed E-state index contributed by atoms with van der Waals surface area (Å²) in [7, 11) is 0. The van der Waals surface area contributed by atoms with Gasteiger partial charge in [-0.05, 0) is 35.4 Å². The fraction of sp³-hybridized carbons (Fsp3) is 0.0667. The van der Waals surface area contributed by atoms with Gasteiger partial charge in [0, 0.05) is 10.4 Å². The first-order valence-corrected chi connectivity index (χ1v) is 6.80. The normalized spacial score (nSPS) is 10.9. The summed E-state index contributed by atoms with van der Waals surface area (Å²) in [5, 5.41) is 5.22. The molecular formula is C15H10Cl2N2O. The lowest BCUT2D eigenvalue weighted by Gasteiger charge is -2.03. The standard InChI is InChI=1S/C15H10Cl2N2O/c16-11-7-5-10(6-8-11)9-19-13-4-2-1-3-12(13)14(18-19)15(17)20/h1-8H,9H2. The van der Waals surface area contributed by atoms with Gasteiger partial charge < -0.3 is 0 Å². The third-order valence-electron chi connectivity index (χ3n) is 3.09. The molecule has 3 aromatic rings. The Morgan fingerprint density at radius 2 is 1.80 bits per heavy atom. The third-order valence-corrected chi connectivity index (χ3v) is 3.52. The topological polar surface area (TPSA) is 34.9 Å². The van der Waals surface area contributed by atoms with Gasteiger partial charge in [-0.1, -0.05) is 41.9 Å². The monoisotopic (exact) mass is 304 g/mol. The van der Waals surface area contributed by atoms with Crippen molar-refractivity contribution in [2.45, 2.75) is 6.54 Å². The molecule has 0 bridgehead atoms. The lowest BCUT2D eigenvalue weighted by molar-refractivity contribution is 0.107. The van der Waals surface area contributed by atoms with Crippen LogP contribution < -0.4 is 0 Å². The molecule has 100 valence electrons. The first-order valence-electron chi connectivity index (χ1n) is 6.05. The van der Waals surface area contributed by atoms with Crippen molar-refractivity contribution >= 4 is 39.3 Å². The van der Waals surface area contributed by atoms with Crippen LogP contribution in [0.3, 0.4) is 0 Å². The van der Waals surface area contributed by atoms with Gasteiger partial charge in [-0.3, -0.25) is 9.48 Å². The van der Waals surface area contributed by atoms with Crippen molar-refractivity contribution in [1.82, 2.24) is 9.78 Å². The number of halogens is 2. The molecule has 3 nitrogen and oxygen atoms in total. The van der Waals surface area contributed by atoms with Gasteiger partial charge in [0.2, 0.25) is 0 Å². The zero-order chi connectivity index (χ0) is 14.1. The van der Waals surface area contributed by atoms with E-state index in [9.17, 15) is 4.79 Å². The van der Waals surface area contributed by atoms with E-state index in [2.05, 4.69) is 5.10 Å². The lowest BCUT2D eigenvalue weighted by Crippen LogP contribution is -2.02. The molecule has 0 N–H and O–H groups in total. The van der Waals surface area contributed by atoms with Gasteiger partial charge in [-0.2, -0.15) is 5.10 Å². The number of fused-ring (bicyclic) bond motifs is 1. The number of para-hydroxylation sites is 1. The van der Waals surface area contributed by atoms with Crippen molar-refractivity contribution < 1.29 is 4.79 Å². The molecule has 0 saturated heterocycles. The highest BCUT2D eigenvalue weighted by Gasteiger charge is 2.14. The number of hydrogen-bond donors (Lipinski definition) is 0. The first kappa shape index (κ1) is 13.2. The van der Waals surface area contributed by atoms with E-state index >= 15 is 0 Å². The van der Waals surface area contributed by atoms with Crippen LogP contribution in [0.5, 0.6) is 0 Å². The van der Waals surface area contributed by atoms with E-state index in [4.69, 9.17) is 23.2 Å². The Labute approximate surface area is 125 Å². The van der Waals surface area contributed by atoms with Crippen LogP contribution in [0.2, 0.25) is 5.02 Å². The van der Waals surface area contributed by atoms with E-state index < -0.39 is 5.24 Å². The van der Waals surface area contributed by atoms with E-state index in [0.717, 1.165) is 16.5 Å². The summed E-state index contributed by atoms with van der Waals surface area (Å²) in [5.74, 6) is 0. The molecule has 0 saturated carbocycles. The van der Waals surface area contributed by atoms with Crippen LogP contribution in [0.4, 0.5) is 0 Å². The van der Waals surface area contributed by atoms with Crippen molar-refractivity contribution in [3.8, 4) is 0 Å². The summed E-state index contributed by atoms with van der Waals surface area (Å²) in [5.41, 5.74) is 2.22. The smallest absolute Gasteiger partial charge is 0.273 e. The minimum atomic E-state index is -0.545. The zero-order valence-corrected chi connectivity index (χ0v) is 11.9. The quantitative estimate of drug-likeness (QED) is 0.682. The molecule has 0 aliphatic heterocycles. The maximum Gasteiger partial charge on any atom is 0.273 e. The van der Waals surface area contributed by atoms with Crippen molar-refractivity contribution in [1.29, 1.82) is 0 Å². The first-order chi connectivity index (χ1) is 9.65. The number of carbonyl (C=O) groups excluding carboxylic acids is 1. The minimum Gasteiger partial charge on any atom is -0.274 e. The van der Waals surface area contributed by atoms with Crippen LogP contribution in [0.1, 0.15) is 16.1 Å². The molecule has 1 heterocycles. The van der Waals surface area contributed by atoms with Crippen molar-refractivity contribution in [2.75, 3.05) is 0 Å². The summed E-state index contributed by atoms with van der Waals surface area (Å²) in [6.45, 7) is 0.557. The van der Waals surface area contributed by atoms with Crippen LogP contribution in [-0.2, 0) is 6.54 Å². The van der Waals surface area contributed by atoms with Gasteiger partial charge in [-0.15, -0.1) is 0 Å². The second-order valence-corrected chi connectivity index (χ2v) is 5.20. The summed E-state index contributed by atoms with van der Waals surface area (Å²) in [6, 6.07) is 15.1. The van der Waals surface area contributed by atoms with Gasteiger partial charge >= 0.3 is 0 Å². The maximum atomic E-state index is 11.4. The molecular weight excluding hydrogens is 295 g/mol. The number of hydrogen-bond acceptors (Lipinski definition) is 2. The predicted octanol–water partition coefficient (Wildman–Crippen LogP) is 4.12. The average molecular weight is 305 g/mol. The molecule has 0 aliphatic carbocycles. The summed E-state index contributed by atoms with van der Waals surface area (Å²) in [4.78, 5) is 11.4. The fourth-order valence-corrected chi connectivity index (χ4v) is 2.42. The fourth-order valence-electron chi connectivity index (χ4n) is 2.16. The SMILES string of the molecule is O=C(Cl)c1nn(Cc2ccc(Cl)cc2)c2ccccc12. The highest BCUT2D eigenvalue weighted by Crippen LogP contribution is 2.21. The molecule has 1 aromatic heterocycles. The van der Waals surface area contributed by atoms with E-state index in [1.54, 1.807) is 4.68 Å². The Balaban J connectivity index is 2.07. The molecule has 2 aromatic carbocycles. The Hall–Kier alpha value is -1.84. The van der Waals surface area contributed by atoms with Crippen LogP contribution >= 0.6 is 23.2 Å². The van der Waals surface area contributed by atoms with E-state index in [1.807, 2.05) is 48.5 Å². The molecule has 5 heteroatoms. The molecule has 0 radical (unpaired) electrons. The number of carbonyl (C=O) groups is 1. The molecule has 0 atom stereocenters. The number of rotatable bonds is 3. The van der Waals surface area contributed by atoms with Crippen LogP contribution in [0.15, 0.2) is 48.5 Å². The van der Waals surface area contributed by atoms with E-state index in [0.29, 0.717) is 11.6 Å². The molecule has 3 rings (SSSR count). The van der Waals surface area contributed by atoms with Crippen LogP contribution in [-0.4, -0.2) is 15.0 Å². The minimum absolute atomic E-state index is 0.288. The zero-order valence-electron chi connectivity index (χ0n) is 10.4. The Kier molecular flexibility index (Phi) is 3.47. The molecule has 0 fully saturated rings. The highest BCUT2D eigenvalue weighted by molar-refractivity contribution is 6.68. The Morgan fingerprint density at radius 1 is 1.10 bits per heavy atom. The lowest BCUT2D eigenvalue weighted by atomic mass is 10.2. The predicted molar refractivity (Wildman–Crippen MR) is 80.5 cm³/mol. The van der Waals surface area contributed by atoms with Crippen molar-refractivity contribution in [3.05, 3.63) is 64.8 Å². The molecule has 0 unspecified atom stereocenters. The second-order valence-electron chi connectivity index (χ2n) is 4.42. The number of nitrogens with zero attached hydrogens (tertiary/aromatic N) is 2. The molecule has 0 aliphatic rings. The third kappa shape index (κ3) is 2.42. The maximum absolute atomic E-state index is 11.4. The van der Waals surface area contributed by atoms with Crippen molar-refractivity contribution in [3.63, 3.8) is 0 Å². The Morgan fingerprint density at radius 3 is 2.50 bits per heavy atom. The molecule has 0 amide bonds. The molecule has 0 spiro atoms. The largest absolute Gasteiger partial charge is 0.274 e. The second kappa shape index (κ2) is 5.27. The van der Waals surface area contributed by atoms with Gasteiger partial charge in [0.15, 0.2) is 5.69 Å². The number of benzene rings is 2. The van der Waals surface area contributed by atoms with E-state index in [1.165, 1.54) is 0 Å². The summed E-state index contributed by atoms with van der Waals surface area (Å²) >= 11 is 11.5. The van der Waals surface area contributed by atoms with Crippen LogP contribution in [0.25, 0.3) is 10.9 Å². The van der Waals surface area contributed by atoms with Gasteiger partial charge in [0.1, 0.15) is 0 Å². The Bertz CT molecular complexity index is 778. The van der Waals surface area contributed by atoms with Gasteiger partial charge in [0.05, 0.1) is 12.1 Å². The highest BCUT2D eigenvalue weighted by atomic mass is 35.5. The van der Waals surface area contributed by atoms with Gasteiger partial charge in [-0.25, -0.2) is 0 Å². The summed E-state index contributed by atoms with van der Waals surface area (Å²) < 4.78 is 1.77. The average Bonchev–Trinajstić information content (AvgIpc) is 2.81. The number of aromatic nitrogens is 2. The van der Waals surface area contributed by atoms with Crippen molar-refractivity contribution in [2.24, 2.45) is 0 Å². The molecule has 20 heavy (non-hydrogen) atoms. The van der Waals surface area contributed by atoms with Crippen LogP contribution in [0, 0.1) is 0 Å². The van der Waals surface area contributed by atoms with Gasteiger partial charge in [0.25, 0.3) is 5.24 Å².